The first-order valence-electron chi connectivity index (χ1n) is 7.50. The smallest absolute Gasteiger partial charge is 0.350 e. The molecule has 0 aliphatic heterocycles. The predicted octanol–water partition coefficient (Wildman–Crippen LogP) is 2.27. The fourth-order valence-electron chi connectivity index (χ4n) is 2.09. The van der Waals surface area contributed by atoms with Crippen LogP contribution in [0, 0.1) is 6.92 Å². The van der Waals surface area contributed by atoms with Crippen molar-refractivity contribution in [2.45, 2.75) is 33.4 Å². The molecule has 24 heavy (non-hydrogen) atoms. The highest BCUT2D eigenvalue weighted by molar-refractivity contribution is 7.17. The van der Waals surface area contributed by atoms with E-state index in [0.29, 0.717) is 27.9 Å². The summed E-state index contributed by atoms with van der Waals surface area (Å²) in [7, 11) is 0. The number of aromatic nitrogens is 6. The maximum atomic E-state index is 12.3. The molecule has 3 rings (SSSR count). The monoisotopic (exact) mass is 344 g/mol. The van der Waals surface area contributed by atoms with Crippen LogP contribution in [0.1, 0.15) is 34.5 Å². The summed E-state index contributed by atoms with van der Waals surface area (Å²) in [4.78, 5) is 21.4. The minimum absolute atomic E-state index is 0.0299. The maximum Gasteiger partial charge on any atom is 0.350 e. The number of hydrogen-bond donors (Lipinski definition) is 0. The highest BCUT2D eigenvalue weighted by Gasteiger charge is 2.19. The molecule has 0 aliphatic carbocycles. The number of rotatable bonds is 6. The van der Waals surface area contributed by atoms with Crippen LogP contribution in [0.2, 0.25) is 0 Å². The molecule has 0 atom stereocenters. The molecule has 0 unspecified atom stereocenters. The second kappa shape index (κ2) is 7.26. The Hall–Kier alpha value is -2.68. The molecule has 9 heteroatoms. The largest absolute Gasteiger partial charge is 0.453 e. The highest BCUT2D eigenvalue weighted by atomic mass is 32.1. The van der Waals surface area contributed by atoms with Gasteiger partial charge in [-0.15, -0.1) is 16.4 Å². The number of esters is 1. The summed E-state index contributed by atoms with van der Waals surface area (Å²) in [6.07, 6.45) is 2.59. The zero-order chi connectivity index (χ0) is 16.9. The molecule has 3 aromatic heterocycles. The van der Waals surface area contributed by atoms with Crippen LogP contribution in [0.15, 0.2) is 24.4 Å². The van der Waals surface area contributed by atoms with Gasteiger partial charge in [0.1, 0.15) is 9.88 Å². The van der Waals surface area contributed by atoms with Gasteiger partial charge < -0.3 is 4.74 Å². The van der Waals surface area contributed by atoms with Crippen LogP contribution >= 0.6 is 11.3 Å². The molecule has 8 nitrogen and oxygen atoms in total. The first kappa shape index (κ1) is 16.2. The minimum Gasteiger partial charge on any atom is -0.453 e. The van der Waals surface area contributed by atoms with Crippen molar-refractivity contribution in [1.82, 2.24) is 30.2 Å². The Labute approximate surface area is 142 Å². The van der Waals surface area contributed by atoms with E-state index in [2.05, 4.69) is 25.5 Å². The zero-order valence-electron chi connectivity index (χ0n) is 13.3. The summed E-state index contributed by atoms with van der Waals surface area (Å²) < 4.78 is 6.97. The fourth-order valence-corrected chi connectivity index (χ4v) is 3.03. The second-order valence-electron chi connectivity index (χ2n) is 5.04. The van der Waals surface area contributed by atoms with Crippen molar-refractivity contribution in [3.8, 4) is 10.7 Å². The fraction of sp³-hybridized carbons (Fsp3) is 0.333. The van der Waals surface area contributed by atoms with E-state index >= 15 is 0 Å². The standard InChI is InChI=1S/C15H16N6O2S/c1-3-8-21-12(18-19-20-21)9-23-15(22)13-10(2)17-14(24-13)11-6-4-5-7-16-11/h4-7H,3,8-9H2,1-2H3. The van der Waals surface area contributed by atoms with Crippen molar-refractivity contribution in [2.24, 2.45) is 0 Å². The van der Waals surface area contributed by atoms with Gasteiger partial charge in [-0.1, -0.05) is 13.0 Å². The van der Waals surface area contributed by atoms with E-state index < -0.39 is 5.97 Å². The van der Waals surface area contributed by atoms with Crippen molar-refractivity contribution in [1.29, 1.82) is 0 Å². The predicted molar refractivity (Wildman–Crippen MR) is 87.3 cm³/mol. The first-order valence-corrected chi connectivity index (χ1v) is 8.31. The van der Waals surface area contributed by atoms with Gasteiger partial charge in [0.05, 0.1) is 11.4 Å². The third kappa shape index (κ3) is 3.46. The average Bonchev–Trinajstić information content (AvgIpc) is 3.20. The van der Waals surface area contributed by atoms with E-state index in [1.165, 1.54) is 11.3 Å². The number of carbonyl (C=O) groups is 1. The lowest BCUT2D eigenvalue weighted by molar-refractivity contribution is 0.0461. The number of pyridine rings is 1. The third-order valence-corrected chi connectivity index (χ3v) is 4.40. The van der Waals surface area contributed by atoms with Gasteiger partial charge >= 0.3 is 5.97 Å². The van der Waals surface area contributed by atoms with Crippen LogP contribution < -0.4 is 0 Å². The number of ether oxygens (including phenoxy) is 1. The molecular formula is C15H16N6O2S. The third-order valence-electron chi connectivity index (χ3n) is 3.24. The van der Waals surface area contributed by atoms with Gasteiger partial charge in [-0.25, -0.2) is 14.5 Å². The molecule has 0 bridgehead atoms. The lowest BCUT2D eigenvalue weighted by Gasteiger charge is -2.04. The van der Waals surface area contributed by atoms with Gasteiger partial charge in [0.15, 0.2) is 12.4 Å². The van der Waals surface area contributed by atoms with Gasteiger partial charge in [0.2, 0.25) is 0 Å². The van der Waals surface area contributed by atoms with Gasteiger partial charge in [0, 0.05) is 12.7 Å². The quantitative estimate of drug-likeness (QED) is 0.633. The van der Waals surface area contributed by atoms with E-state index in [0.717, 1.165) is 12.1 Å². The Morgan fingerprint density at radius 2 is 2.25 bits per heavy atom. The Kier molecular flexibility index (Phi) is 4.90. The molecule has 0 amide bonds. The molecule has 0 aliphatic rings. The summed E-state index contributed by atoms with van der Waals surface area (Å²) in [6, 6.07) is 5.57. The van der Waals surface area contributed by atoms with E-state index in [4.69, 9.17) is 4.74 Å². The number of hydrogen-bond acceptors (Lipinski definition) is 8. The molecule has 0 saturated heterocycles. The van der Waals surface area contributed by atoms with Gasteiger partial charge in [-0.3, -0.25) is 4.98 Å². The summed E-state index contributed by atoms with van der Waals surface area (Å²) in [5, 5.41) is 12.0. The Balaban J connectivity index is 1.71. The van der Waals surface area contributed by atoms with Crippen LogP contribution in [0.3, 0.4) is 0 Å². The summed E-state index contributed by atoms with van der Waals surface area (Å²) in [5.41, 5.74) is 1.36. The van der Waals surface area contributed by atoms with Crippen LogP contribution in [-0.4, -0.2) is 36.1 Å². The second-order valence-corrected chi connectivity index (χ2v) is 6.04. The highest BCUT2D eigenvalue weighted by Crippen LogP contribution is 2.27. The Morgan fingerprint density at radius 1 is 1.38 bits per heavy atom. The van der Waals surface area contributed by atoms with E-state index in [-0.39, 0.29) is 6.61 Å². The molecule has 0 N–H and O–H groups in total. The van der Waals surface area contributed by atoms with Crippen molar-refractivity contribution in [3.05, 3.63) is 40.8 Å². The van der Waals surface area contributed by atoms with Crippen LogP contribution in [0.5, 0.6) is 0 Å². The van der Waals surface area contributed by atoms with Gasteiger partial charge in [-0.2, -0.15) is 0 Å². The Morgan fingerprint density at radius 3 is 3.00 bits per heavy atom. The lowest BCUT2D eigenvalue weighted by atomic mass is 10.3. The zero-order valence-corrected chi connectivity index (χ0v) is 14.2. The van der Waals surface area contributed by atoms with Crippen molar-refractivity contribution < 1.29 is 9.53 Å². The normalized spacial score (nSPS) is 10.8. The molecule has 0 aromatic carbocycles. The number of nitrogens with zero attached hydrogens (tertiary/aromatic N) is 6. The summed E-state index contributed by atoms with van der Waals surface area (Å²) in [6.45, 7) is 4.52. The van der Waals surface area contributed by atoms with E-state index in [1.807, 2.05) is 25.1 Å². The first-order chi connectivity index (χ1) is 11.7. The molecular weight excluding hydrogens is 328 g/mol. The SMILES string of the molecule is CCCn1nnnc1COC(=O)c1sc(-c2ccccn2)nc1C. The minimum atomic E-state index is -0.432. The molecule has 3 aromatic rings. The summed E-state index contributed by atoms with van der Waals surface area (Å²) in [5.74, 6) is 0.0931. The molecule has 0 saturated carbocycles. The maximum absolute atomic E-state index is 12.3. The number of carbonyl (C=O) groups excluding carboxylic acids is 1. The van der Waals surface area contributed by atoms with Gasteiger partial charge in [0.25, 0.3) is 0 Å². The van der Waals surface area contributed by atoms with E-state index in [1.54, 1.807) is 17.8 Å². The molecule has 0 fully saturated rings. The average molecular weight is 344 g/mol. The van der Waals surface area contributed by atoms with Gasteiger partial charge in [-0.05, 0) is 35.9 Å². The molecule has 0 radical (unpaired) electrons. The number of thiazole rings is 1. The van der Waals surface area contributed by atoms with Crippen molar-refractivity contribution >= 4 is 17.3 Å². The Bertz CT molecular complexity index is 830. The summed E-state index contributed by atoms with van der Waals surface area (Å²) >= 11 is 1.27. The van der Waals surface area contributed by atoms with Crippen LogP contribution in [0.25, 0.3) is 10.7 Å². The molecule has 124 valence electrons. The number of tetrazole rings is 1. The lowest BCUT2D eigenvalue weighted by Crippen LogP contribution is -2.10. The molecule has 3 heterocycles. The van der Waals surface area contributed by atoms with E-state index in [9.17, 15) is 4.79 Å². The topological polar surface area (TPSA) is 95.7 Å². The number of aryl methyl sites for hydroxylation is 2. The van der Waals surface area contributed by atoms with Crippen LogP contribution in [0.4, 0.5) is 0 Å². The van der Waals surface area contributed by atoms with Crippen molar-refractivity contribution in [2.75, 3.05) is 0 Å². The van der Waals surface area contributed by atoms with Crippen LogP contribution in [-0.2, 0) is 17.9 Å². The molecule has 0 spiro atoms. The van der Waals surface area contributed by atoms with Crippen molar-refractivity contribution in [3.63, 3.8) is 0 Å².